The third-order valence-corrected chi connectivity index (χ3v) is 7.97. The summed E-state index contributed by atoms with van der Waals surface area (Å²) in [6.45, 7) is 4.34. The molecule has 0 spiro atoms. The Kier molecular flexibility index (Phi) is 8.68. The molecule has 1 saturated carbocycles. The number of rotatable bonds is 10. The van der Waals surface area contributed by atoms with E-state index in [4.69, 9.17) is 21.3 Å². The van der Waals surface area contributed by atoms with Gasteiger partial charge in [0.25, 0.3) is 0 Å². The van der Waals surface area contributed by atoms with Crippen LogP contribution >= 0.6 is 11.6 Å². The highest BCUT2D eigenvalue weighted by Gasteiger charge is 2.31. The fourth-order valence-corrected chi connectivity index (χ4v) is 5.35. The van der Waals surface area contributed by atoms with Gasteiger partial charge in [-0.2, -0.15) is 23.1 Å². The molecular weight excluding hydrogens is 569 g/mol. The van der Waals surface area contributed by atoms with Crippen LogP contribution in [0.3, 0.4) is 0 Å². The molecule has 1 aromatic carbocycles. The van der Waals surface area contributed by atoms with Crippen molar-refractivity contribution in [1.29, 1.82) is 0 Å². The van der Waals surface area contributed by atoms with Crippen molar-refractivity contribution < 1.29 is 22.7 Å². The second-order valence-electron chi connectivity index (χ2n) is 10.9. The monoisotopic (exact) mass is 600 g/mol. The van der Waals surface area contributed by atoms with Crippen LogP contribution in [0.2, 0.25) is 5.28 Å². The van der Waals surface area contributed by atoms with Crippen LogP contribution in [0.15, 0.2) is 42.6 Å². The fraction of sp³-hybridized carbons (Fsp3) is 0.433. The van der Waals surface area contributed by atoms with Gasteiger partial charge in [0.1, 0.15) is 11.2 Å². The van der Waals surface area contributed by atoms with E-state index in [1.165, 1.54) is 19.2 Å². The first-order valence-electron chi connectivity index (χ1n) is 13.9. The first-order valence-corrected chi connectivity index (χ1v) is 14.3. The van der Waals surface area contributed by atoms with Gasteiger partial charge >= 0.3 is 12.1 Å². The molecule has 5 rings (SSSR count). The molecule has 4 aromatic rings. The van der Waals surface area contributed by atoms with Gasteiger partial charge in [0.05, 0.1) is 12.7 Å². The van der Waals surface area contributed by atoms with E-state index in [-0.39, 0.29) is 36.2 Å². The summed E-state index contributed by atoms with van der Waals surface area (Å²) in [6, 6.07) is 8.85. The minimum Gasteiger partial charge on any atom is -0.469 e. The van der Waals surface area contributed by atoms with Crippen molar-refractivity contribution in [2.24, 2.45) is 5.92 Å². The number of anilines is 1. The Morgan fingerprint density at radius 1 is 1.14 bits per heavy atom. The van der Waals surface area contributed by atoms with Crippen molar-refractivity contribution in [1.82, 2.24) is 24.5 Å². The number of hydrogen-bond donors (Lipinski definition) is 1. The molecule has 0 aliphatic heterocycles. The van der Waals surface area contributed by atoms with E-state index in [1.807, 2.05) is 16.7 Å². The summed E-state index contributed by atoms with van der Waals surface area (Å²) in [5, 5.41) is 3.52. The summed E-state index contributed by atoms with van der Waals surface area (Å²) >= 11 is 6.37. The number of nitrogens with one attached hydrogen (secondary N) is 1. The highest BCUT2D eigenvalue weighted by Crippen LogP contribution is 2.36. The van der Waals surface area contributed by atoms with Crippen molar-refractivity contribution in [2.45, 2.75) is 70.6 Å². The van der Waals surface area contributed by atoms with Gasteiger partial charge in [-0.1, -0.05) is 32.4 Å². The van der Waals surface area contributed by atoms with Crippen molar-refractivity contribution in [3.8, 4) is 11.5 Å². The van der Waals surface area contributed by atoms with Crippen LogP contribution in [-0.2, 0) is 22.3 Å². The van der Waals surface area contributed by atoms with Crippen LogP contribution in [0, 0.1) is 5.92 Å². The molecule has 42 heavy (non-hydrogen) atoms. The van der Waals surface area contributed by atoms with Crippen LogP contribution in [0.5, 0.6) is 0 Å². The zero-order valence-electron chi connectivity index (χ0n) is 23.6. The van der Waals surface area contributed by atoms with Gasteiger partial charge in [-0.25, -0.2) is 4.98 Å². The molecule has 0 saturated heterocycles. The number of methoxy groups -OCH3 is 1. The normalized spacial score (nSPS) is 14.7. The van der Waals surface area contributed by atoms with E-state index in [0.29, 0.717) is 46.4 Å². The number of alkyl halides is 3. The van der Waals surface area contributed by atoms with E-state index in [2.05, 4.69) is 34.1 Å². The molecule has 0 bridgehead atoms. The van der Waals surface area contributed by atoms with Crippen LogP contribution in [-0.4, -0.2) is 43.6 Å². The molecule has 1 N–H and O–H groups in total. The number of imidazole rings is 1. The molecule has 12 heteroatoms. The quantitative estimate of drug-likeness (QED) is 0.151. The Morgan fingerprint density at radius 2 is 1.88 bits per heavy atom. The predicted octanol–water partition coefficient (Wildman–Crippen LogP) is 7.27. The molecule has 1 aliphatic carbocycles. The Labute approximate surface area is 246 Å². The van der Waals surface area contributed by atoms with Crippen LogP contribution in [0.25, 0.3) is 22.7 Å². The van der Waals surface area contributed by atoms with Crippen molar-refractivity contribution in [3.05, 3.63) is 64.6 Å². The lowest BCUT2D eigenvalue weighted by Crippen LogP contribution is -2.34. The summed E-state index contributed by atoms with van der Waals surface area (Å²) in [6.07, 6.45) is 1.20. The lowest BCUT2D eigenvalue weighted by molar-refractivity contribution is -0.141. The molecule has 1 fully saturated rings. The highest BCUT2D eigenvalue weighted by atomic mass is 35.5. The first-order chi connectivity index (χ1) is 20.0. The second-order valence-corrected chi connectivity index (χ2v) is 11.3. The number of hydrogen-bond acceptors (Lipinski definition) is 7. The number of benzene rings is 1. The lowest BCUT2D eigenvalue weighted by Gasteiger charge is -2.34. The van der Waals surface area contributed by atoms with E-state index in [1.54, 1.807) is 6.20 Å². The van der Waals surface area contributed by atoms with Crippen LogP contribution in [0.4, 0.5) is 19.0 Å². The molecule has 8 nitrogen and oxygen atoms in total. The van der Waals surface area contributed by atoms with E-state index in [0.717, 1.165) is 37.0 Å². The third-order valence-electron chi connectivity index (χ3n) is 7.81. The lowest BCUT2D eigenvalue weighted by atomic mass is 9.78. The number of carbonyl (C=O) groups excluding carboxylic acids is 1. The SMILES string of the molecule is COC(=O)CCC(Nc1nc(Cl)nc2nc(-c3cc(C(C)C)ccn3)n(Cc3ccc(C(F)(F)F)cc3)c12)C1CCC1. The topological polar surface area (TPSA) is 94.8 Å². The molecule has 3 heterocycles. The van der Waals surface area contributed by atoms with Crippen LogP contribution < -0.4 is 5.32 Å². The molecule has 1 atom stereocenters. The van der Waals surface area contributed by atoms with E-state index < -0.39 is 11.7 Å². The average Bonchev–Trinajstić information content (AvgIpc) is 3.28. The maximum absolute atomic E-state index is 13.3. The molecule has 222 valence electrons. The Bertz CT molecular complexity index is 1570. The average molecular weight is 601 g/mol. The van der Waals surface area contributed by atoms with Gasteiger partial charge in [-0.3, -0.25) is 9.78 Å². The highest BCUT2D eigenvalue weighted by molar-refractivity contribution is 6.28. The first kappa shape index (κ1) is 29.8. The fourth-order valence-electron chi connectivity index (χ4n) is 5.19. The zero-order chi connectivity index (χ0) is 30.0. The number of nitrogens with zero attached hydrogens (tertiary/aromatic N) is 5. The van der Waals surface area contributed by atoms with Gasteiger partial charge in [0, 0.05) is 25.2 Å². The molecule has 1 aliphatic rings. The van der Waals surface area contributed by atoms with E-state index >= 15 is 0 Å². The maximum Gasteiger partial charge on any atom is 0.416 e. The molecule has 0 amide bonds. The predicted molar refractivity (Wildman–Crippen MR) is 154 cm³/mol. The van der Waals surface area contributed by atoms with Crippen molar-refractivity contribution >= 4 is 34.6 Å². The van der Waals surface area contributed by atoms with Crippen molar-refractivity contribution in [3.63, 3.8) is 0 Å². The second kappa shape index (κ2) is 12.2. The van der Waals surface area contributed by atoms with Gasteiger partial charge in [-0.15, -0.1) is 0 Å². The van der Waals surface area contributed by atoms with Crippen molar-refractivity contribution in [2.75, 3.05) is 12.4 Å². The number of halogens is 4. The number of esters is 1. The summed E-state index contributed by atoms with van der Waals surface area (Å²) < 4.78 is 46.5. The minimum absolute atomic E-state index is 0.0000484. The minimum atomic E-state index is -4.44. The summed E-state index contributed by atoms with van der Waals surface area (Å²) in [5.41, 5.74) is 2.44. The number of ether oxygens (including phenoxy) is 1. The Morgan fingerprint density at radius 3 is 2.50 bits per heavy atom. The molecule has 1 unspecified atom stereocenters. The van der Waals surface area contributed by atoms with Gasteiger partial charge in [0.2, 0.25) is 5.28 Å². The molecule has 3 aromatic heterocycles. The number of carbonyl (C=O) groups is 1. The van der Waals surface area contributed by atoms with Crippen LogP contribution in [0.1, 0.15) is 68.6 Å². The Hall–Kier alpha value is -3.73. The number of fused-ring (bicyclic) bond motifs is 1. The molecule has 0 radical (unpaired) electrons. The largest absolute Gasteiger partial charge is 0.469 e. The smallest absolute Gasteiger partial charge is 0.416 e. The summed E-state index contributed by atoms with van der Waals surface area (Å²) in [5.74, 6) is 1.22. The van der Waals surface area contributed by atoms with E-state index in [9.17, 15) is 18.0 Å². The Balaban J connectivity index is 1.62. The van der Waals surface area contributed by atoms with Gasteiger partial charge < -0.3 is 14.6 Å². The maximum atomic E-state index is 13.3. The summed E-state index contributed by atoms with van der Waals surface area (Å²) in [4.78, 5) is 30.3. The van der Waals surface area contributed by atoms with Gasteiger partial charge in [0.15, 0.2) is 17.3 Å². The standard InChI is InChI=1S/C30H32ClF3N6O2/c1-17(2)20-13-14-35-23(15-20)28-37-27-25(40(28)16-18-7-9-21(10-8-18)30(32,33)34)26(38-29(31)39-27)36-22(19-5-4-6-19)11-12-24(41)42-3/h7-10,13-15,17,19,22H,4-6,11-12,16H2,1-3H3,(H,36,38,39). The number of pyridine rings is 1. The number of aromatic nitrogens is 5. The third kappa shape index (κ3) is 6.51. The van der Waals surface area contributed by atoms with Gasteiger partial charge in [-0.05, 0) is 78.1 Å². The summed E-state index contributed by atoms with van der Waals surface area (Å²) in [7, 11) is 1.37. The molecular formula is C30H32ClF3N6O2. The zero-order valence-corrected chi connectivity index (χ0v) is 24.3.